The van der Waals surface area contributed by atoms with Gasteiger partial charge in [0.2, 0.25) is 0 Å². The van der Waals surface area contributed by atoms with Gasteiger partial charge in [-0.1, -0.05) is 0 Å². The van der Waals surface area contributed by atoms with Crippen LogP contribution in [0.4, 0.5) is 0 Å². The summed E-state index contributed by atoms with van der Waals surface area (Å²) < 4.78 is 7.69. The van der Waals surface area contributed by atoms with Crippen molar-refractivity contribution in [1.82, 2.24) is 24.6 Å². The van der Waals surface area contributed by atoms with Gasteiger partial charge in [-0.3, -0.25) is 9.36 Å². The van der Waals surface area contributed by atoms with Crippen LogP contribution in [0.15, 0.2) is 31.0 Å². The molecule has 2 aromatic heterocycles. The minimum absolute atomic E-state index is 0.0148. The van der Waals surface area contributed by atoms with E-state index in [1.807, 2.05) is 4.90 Å². The van der Waals surface area contributed by atoms with Crippen LogP contribution >= 0.6 is 0 Å². The molecule has 0 bridgehead atoms. The Hall–Kier alpha value is -2.28. The van der Waals surface area contributed by atoms with Gasteiger partial charge in [-0.25, -0.2) is 4.98 Å². The molecule has 2 aromatic rings. The lowest BCUT2D eigenvalue weighted by atomic mass is 9.92. The lowest BCUT2D eigenvalue weighted by Crippen LogP contribution is -2.34. The number of hydrogen-bond donors (Lipinski definition) is 0. The molecule has 4 rings (SSSR count). The molecule has 2 aliphatic rings. The predicted molar refractivity (Wildman–Crippen MR) is 86.8 cm³/mol. The van der Waals surface area contributed by atoms with Crippen LogP contribution in [0.1, 0.15) is 42.5 Å². The van der Waals surface area contributed by atoms with E-state index in [1.54, 1.807) is 35.6 Å². The number of carbonyl (C=O) groups excluding carboxylic acids is 1. The average molecular weight is 327 g/mol. The zero-order valence-corrected chi connectivity index (χ0v) is 13.6. The van der Waals surface area contributed by atoms with E-state index in [9.17, 15) is 4.79 Å². The molecule has 2 aliphatic heterocycles. The van der Waals surface area contributed by atoms with Gasteiger partial charge in [-0.15, -0.1) is 10.2 Å². The third-order valence-electron chi connectivity index (χ3n) is 5.05. The van der Waals surface area contributed by atoms with Crippen molar-refractivity contribution in [1.29, 1.82) is 0 Å². The monoisotopic (exact) mass is 327 g/mol. The minimum Gasteiger partial charge on any atom is -0.375 e. The predicted octanol–water partition coefficient (Wildman–Crippen LogP) is 1.84. The SMILES string of the molecule is O=C(c1ccnc(-n2cnnc2)c1)N1CCC[C@]2(CCCO2)CC1. The molecule has 24 heavy (non-hydrogen) atoms. The second-order valence-electron chi connectivity index (χ2n) is 6.55. The Balaban J connectivity index is 1.50. The van der Waals surface area contributed by atoms with Crippen molar-refractivity contribution >= 4 is 5.91 Å². The number of ether oxygens (including phenoxy) is 1. The van der Waals surface area contributed by atoms with Crippen molar-refractivity contribution in [2.24, 2.45) is 0 Å². The molecule has 2 saturated heterocycles. The Morgan fingerprint density at radius 2 is 1.96 bits per heavy atom. The van der Waals surface area contributed by atoms with Crippen molar-refractivity contribution in [3.05, 3.63) is 36.5 Å². The number of carbonyl (C=O) groups is 1. The summed E-state index contributed by atoms with van der Waals surface area (Å²) >= 11 is 0. The lowest BCUT2D eigenvalue weighted by molar-refractivity contribution is -0.00691. The van der Waals surface area contributed by atoms with Crippen LogP contribution in [0, 0.1) is 0 Å². The summed E-state index contributed by atoms with van der Waals surface area (Å²) in [6.07, 6.45) is 10.0. The van der Waals surface area contributed by atoms with E-state index < -0.39 is 0 Å². The maximum Gasteiger partial charge on any atom is 0.254 e. The number of likely N-dealkylation sites (tertiary alicyclic amines) is 1. The first kappa shape index (κ1) is 15.3. The molecule has 0 aromatic carbocycles. The molecule has 2 fully saturated rings. The molecule has 126 valence electrons. The van der Waals surface area contributed by atoms with Crippen molar-refractivity contribution in [2.45, 2.75) is 37.7 Å². The zero-order valence-electron chi connectivity index (χ0n) is 13.6. The molecule has 1 atom stereocenters. The van der Waals surface area contributed by atoms with Gasteiger partial charge in [0.05, 0.1) is 5.60 Å². The van der Waals surface area contributed by atoms with Crippen LogP contribution in [0.3, 0.4) is 0 Å². The third-order valence-corrected chi connectivity index (χ3v) is 5.05. The number of nitrogens with zero attached hydrogens (tertiary/aromatic N) is 5. The highest BCUT2D eigenvalue weighted by atomic mass is 16.5. The highest BCUT2D eigenvalue weighted by Gasteiger charge is 2.37. The van der Waals surface area contributed by atoms with Gasteiger partial charge in [-0.05, 0) is 44.2 Å². The van der Waals surface area contributed by atoms with E-state index >= 15 is 0 Å². The molecule has 0 aliphatic carbocycles. The van der Waals surface area contributed by atoms with Crippen LogP contribution in [0.25, 0.3) is 5.82 Å². The normalized spacial score (nSPS) is 24.2. The first-order chi connectivity index (χ1) is 11.8. The summed E-state index contributed by atoms with van der Waals surface area (Å²) in [5, 5.41) is 7.56. The van der Waals surface area contributed by atoms with Crippen LogP contribution in [0.5, 0.6) is 0 Å². The highest BCUT2D eigenvalue weighted by Crippen LogP contribution is 2.35. The van der Waals surface area contributed by atoms with Gasteiger partial charge in [0, 0.05) is 31.5 Å². The molecule has 0 saturated carbocycles. The van der Waals surface area contributed by atoms with Gasteiger partial charge in [-0.2, -0.15) is 0 Å². The number of hydrogen-bond acceptors (Lipinski definition) is 5. The second-order valence-corrected chi connectivity index (χ2v) is 6.55. The number of amides is 1. The van der Waals surface area contributed by atoms with E-state index in [0.29, 0.717) is 11.4 Å². The Bertz CT molecular complexity index is 710. The van der Waals surface area contributed by atoms with E-state index in [-0.39, 0.29) is 11.5 Å². The number of rotatable bonds is 2. The van der Waals surface area contributed by atoms with Crippen LogP contribution in [-0.4, -0.2) is 55.9 Å². The van der Waals surface area contributed by atoms with Crippen LogP contribution in [0.2, 0.25) is 0 Å². The molecule has 1 amide bonds. The third kappa shape index (κ3) is 2.91. The van der Waals surface area contributed by atoms with E-state index in [0.717, 1.165) is 51.8 Å². The molecule has 0 unspecified atom stereocenters. The summed E-state index contributed by atoms with van der Waals surface area (Å²) in [5.74, 6) is 0.707. The average Bonchev–Trinajstić information content (AvgIpc) is 3.25. The quantitative estimate of drug-likeness (QED) is 0.841. The molecule has 1 spiro atoms. The van der Waals surface area contributed by atoms with Gasteiger partial charge < -0.3 is 9.64 Å². The van der Waals surface area contributed by atoms with Gasteiger partial charge in [0.1, 0.15) is 18.5 Å². The fourth-order valence-corrected chi connectivity index (χ4v) is 3.71. The van der Waals surface area contributed by atoms with E-state index in [2.05, 4.69) is 15.2 Å². The van der Waals surface area contributed by atoms with Gasteiger partial charge in [0.15, 0.2) is 0 Å². The Kier molecular flexibility index (Phi) is 4.02. The zero-order chi connectivity index (χ0) is 16.4. The summed E-state index contributed by atoms with van der Waals surface area (Å²) in [7, 11) is 0. The first-order valence-corrected chi connectivity index (χ1v) is 8.50. The van der Waals surface area contributed by atoms with Gasteiger partial charge >= 0.3 is 0 Å². The van der Waals surface area contributed by atoms with Crippen LogP contribution < -0.4 is 0 Å². The first-order valence-electron chi connectivity index (χ1n) is 8.50. The molecule has 4 heterocycles. The fourth-order valence-electron chi connectivity index (χ4n) is 3.71. The molecule has 7 heteroatoms. The lowest BCUT2D eigenvalue weighted by Gasteiger charge is -2.27. The number of aromatic nitrogens is 4. The van der Waals surface area contributed by atoms with Crippen LogP contribution in [-0.2, 0) is 4.74 Å². The maximum atomic E-state index is 12.9. The summed E-state index contributed by atoms with van der Waals surface area (Å²) in [4.78, 5) is 19.1. The molecule has 0 N–H and O–H groups in total. The largest absolute Gasteiger partial charge is 0.375 e. The van der Waals surface area contributed by atoms with E-state index in [4.69, 9.17) is 4.74 Å². The van der Waals surface area contributed by atoms with Crippen molar-refractivity contribution in [2.75, 3.05) is 19.7 Å². The molecule has 7 nitrogen and oxygen atoms in total. The summed E-state index contributed by atoms with van der Waals surface area (Å²) in [6.45, 7) is 2.40. The maximum absolute atomic E-state index is 12.9. The fraction of sp³-hybridized carbons (Fsp3) is 0.529. The smallest absolute Gasteiger partial charge is 0.254 e. The summed E-state index contributed by atoms with van der Waals surface area (Å²) in [6, 6.07) is 3.56. The summed E-state index contributed by atoms with van der Waals surface area (Å²) in [5.41, 5.74) is 0.665. The van der Waals surface area contributed by atoms with E-state index in [1.165, 1.54) is 0 Å². The van der Waals surface area contributed by atoms with Crippen molar-refractivity contribution < 1.29 is 9.53 Å². The molecular formula is C17H21N5O2. The Morgan fingerprint density at radius 1 is 1.12 bits per heavy atom. The second kappa shape index (κ2) is 6.32. The topological polar surface area (TPSA) is 73.1 Å². The van der Waals surface area contributed by atoms with Crippen molar-refractivity contribution in [3.8, 4) is 5.82 Å². The van der Waals surface area contributed by atoms with Crippen molar-refractivity contribution in [3.63, 3.8) is 0 Å². The Morgan fingerprint density at radius 3 is 2.75 bits per heavy atom. The standard InChI is InChI=1S/C17H21N5O2/c23-16(14-3-7-18-15(11-14)22-12-19-20-13-22)21-8-1-4-17(6-9-21)5-2-10-24-17/h3,7,11-13H,1-2,4-6,8-10H2/t17-/m0/s1. The Labute approximate surface area is 140 Å². The number of pyridine rings is 1. The minimum atomic E-state index is 0.0148. The van der Waals surface area contributed by atoms with Gasteiger partial charge in [0.25, 0.3) is 5.91 Å². The molecule has 0 radical (unpaired) electrons. The molecular weight excluding hydrogens is 306 g/mol. The highest BCUT2D eigenvalue weighted by molar-refractivity contribution is 5.94.